The monoisotopic (exact) mass is 331 g/mol. The molecule has 2 aromatic rings. The first-order valence-electron chi connectivity index (χ1n) is 7.76. The number of hydrogen-bond acceptors (Lipinski definition) is 5. The van der Waals surface area contributed by atoms with Gasteiger partial charge in [0.1, 0.15) is 5.56 Å². The maximum atomic E-state index is 12.9. The molecule has 0 fully saturated rings. The van der Waals surface area contributed by atoms with Gasteiger partial charge in [0.2, 0.25) is 5.88 Å². The number of nitrogens with zero attached hydrogens (tertiary/aromatic N) is 3. The van der Waals surface area contributed by atoms with E-state index < -0.39 is 0 Å². The molecule has 5 nitrogen and oxygen atoms in total. The Bertz CT molecular complexity index is 741. The lowest BCUT2D eigenvalue weighted by Crippen LogP contribution is -2.33. The molecule has 0 aliphatic heterocycles. The second kappa shape index (κ2) is 6.28. The predicted molar refractivity (Wildman–Crippen MR) is 90.1 cm³/mol. The molecule has 0 N–H and O–H groups in total. The molecule has 3 rings (SSSR count). The van der Waals surface area contributed by atoms with Crippen molar-refractivity contribution in [3.05, 3.63) is 39.0 Å². The number of hydrogen-bond donors (Lipinski definition) is 0. The van der Waals surface area contributed by atoms with Crippen LogP contribution in [0.15, 0.2) is 12.1 Å². The Hall–Kier alpha value is -1.95. The highest BCUT2D eigenvalue weighted by Crippen LogP contribution is 2.38. The van der Waals surface area contributed by atoms with Crippen molar-refractivity contribution in [3.63, 3.8) is 0 Å². The van der Waals surface area contributed by atoms with Gasteiger partial charge in [0.25, 0.3) is 5.91 Å². The summed E-state index contributed by atoms with van der Waals surface area (Å²) in [5, 5.41) is 1.07. The lowest BCUT2D eigenvalue weighted by atomic mass is 9.96. The van der Waals surface area contributed by atoms with E-state index in [9.17, 15) is 4.79 Å². The fourth-order valence-electron chi connectivity index (χ4n) is 3.07. The van der Waals surface area contributed by atoms with E-state index >= 15 is 0 Å². The Morgan fingerprint density at radius 3 is 2.87 bits per heavy atom. The molecule has 0 spiro atoms. The van der Waals surface area contributed by atoms with Gasteiger partial charge in [-0.3, -0.25) is 4.79 Å². The van der Waals surface area contributed by atoms with Gasteiger partial charge in [-0.25, -0.2) is 9.97 Å². The lowest BCUT2D eigenvalue weighted by Gasteiger charge is -2.31. The van der Waals surface area contributed by atoms with Gasteiger partial charge in [0.05, 0.1) is 28.7 Å². The van der Waals surface area contributed by atoms with Crippen molar-refractivity contribution in [2.45, 2.75) is 39.2 Å². The zero-order valence-corrected chi connectivity index (χ0v) is 14.7. The average molecular weight is 331 g/mol. The molecular weight excluding hydrogens is 310 g/mol. The van der Waals surface area contributed by atoms with Crippen LogP contribution in [0, 0.1) is 13.8 Å². The van der Waals surface area contributed by atoms with Crippen molar-refractivity contribution in [1.82, 2.24) is 14.9 Å². The molecule has 1 aliphatic carbocycles. The van der Waals surface area contributed by atoms with E-state index in [0.29, 0.717) is 11.4 Å². The van der Waals surface area contributed by atoms with Gasteiger partial charge in [0.15, 0.2) is 0 Å². The number of rotatable bonds is 3. The maximum Gasteiger partial charge on any atom is 0.259 e. The zero-order chi connectivity index (χ0) is 16.6. The van der Waals surface area contributed by atoms with Crippen LogP contribution in [0.4, 0.5) is 0 Å². The predicted octanol–water partition coefficient (Wildman–Crippen LogP) is 3.31. The van der Waals surface area contributed by atoms with Gasteiger partial charge in [-0.05, 0) is 45.2 Å². The largest absolute Gasteiger partial charge is 0.480 e. The second-order valence-electron chi connectivity index (χ2n) is 5.88. The third-order valence-corrected chi connectivity index (χ3v) is 5.35. The first kappa shape index (κ1) is 15.9. The quantitative estimate of drug-likeness (QED) is 0.866. The number of methoxy groups -OCH3 is 1. The van der Waals surface area contributed by atoms with Crippen molar-refractivity contribution >= 4 is 17.2 Å². The average Bonchev–Trinajstić information content (AvgIpc) is 2.93. The summed E-state index contributed by atoms with van der Waals surface area (Å²) in [6.45, 7) is 3.91. The molecule has 0 saturated carbocycles. The number of aromatic nitrogens is 2. The zero-order valence-electron chi connectivity index (χ0n) is 13.9. The van der Waals surface area contributed by atoms with Crippen molar-refractivity contribution in [3.8, 4) is 5.88 Å². The highest BCUT2D eigenvalue weighted by Gasteiger charge is 2.31. The highest BCUT2D eigenvalue weighted by molar-refractivity contribution is 7.11. The summed E-state index contributed by atoms with van der Waals surface area (Å²) in [5.41, 5.74) is 2.49. The summed E-state index contributed by atoms with van der Waals surface area (Å²) in [6, 6.07) is 3.72. The number of aryl methyl sites for hydroxylation is 3. The molecule has 0 radical (unpaired) electrons. The summed E-state index contributed by atoms with van der Waals surface area (Å²) in [7, 11) is 3.40. The highest BCUT2D eigenvalue weighted by atomic mass is 32.1. The van der Waals surface area contributed by atoms with Gasteiger partial charge in [0, 0.05) is 12.7 Å². The van der Waals surface area contributed by atoms with Crippen LogP contribution in [-0.4, -0.2) is 34.9 Å². The summed E-state index contributed by atoms with van der Waals surface area (Å²) in [4.78, 5) is 24.9. The normalized spacial score (nSPS) is 16.8. The molecule has 2 heterocycles. The number of carbonyl (C=O) groups is 1. The molecule has 1 aliphatic rings. The number of pyridine rings is 1. The minimum Gasteiger partial charge on any atom is -0.480 e. The Kier molecular flexibility index (Phi) is 4.35. The van der Waals surface area contributed by atoms with Gasteiger partial charge in [-0.15, -0.1) is 11.3 Å². The Morgan fingerprint density at radius 2 is 2.13 bits per heavy atom. The lowest BCUT2D eigenvalue weighted by molar-refractivity contribution is 0.0713. The van der Waals surface area contributed by atoms with Gasteiger partial charge >= 0.3 is 0 Å². The van der Waals surface area contributed by atoms with Crippen LogP contribution >= 0.6 is 11.3 Å². The fourth-order valence-corrected chi connectivity index (χ4v) is 4.22. The topological polar surface area (TPSA) is 55.3 Å². The first-order chi connectivity index (χ1) is 11.0. The standard InChI is InChI=1S/C17H21N3O2S/c1-10-8-9-12(16(18-10)22-4)17(21)20(3)14-7-5-6-13-15(14)23-11(2)19-13/h8-9,14H,5-7H2,1-4H3. The minimum absolute atomic E-state index is 0.0572. The molecular formula is C17H21N3O2S. The molecule has 1 unspecified atom stereocenters. The Balaban J connectivity index is 1.92. The van der Waals surface area contributed by atoms with Crippen LogP contribution < -0.4 is 4.74 Å². The van der Waals surface area contributed by atoms with Crippen LogP contribution in [0.2, 0.25) is 0 Å². The molecule has 0 saturated heterocycles. The van der Waals surface area contributed by atoms with Gasteiger partial charge in [-0.2, -0.15) is 0 Å². The summed E-state index contributed by atoms with van der Waals surface area (Å²) in [5.74, 6) is 0.330. The van der Waals surface area contributed by atoms with Crippen LogP contribution in [-0.2, 0) is 6.42 Å². The van der Waals surface area contributed by atoms with Crippen LogP contribution in [0.3, 0.4) is 0 Å². The molecule has 0 bridgehead atoms. The third kappa shape index (κ3) is 2.95. The van der Waals surface area contributed by atoms with Crippen molar-refractivity contribution in [2.75, 3.05) is 14.2 Å². The third-order valence-electron chi connectivity index (χ3n) is 4.24. The first-order valence-corrected chi connectivity index (χ1v) is 8.58. The van der Waals surface area contributed by atoms with E-state index in [2.05, 4.69) is 9.97 Å². The van der Waals surface area contributed by atoms with Gasteiger partial charge in [-0.1, -0.05) is 0 Å². The minimum atomic E-state index is -0.0572. The number of ether oxygens (including phenoxy) is 1. The van der Waals surface area contributed by atoms with E-state index in [-0.39, 0.29) is 11.9 Å². The van der Waals surface area contributed by atoms with E-state index in [1.54, 1.807) is 24.5 Å². The smallest absolute Gasteiger partial charge is 0.259 e. The molecule has 0 aromatic carbocycles. The summed E-state index contributed by atoms with van der Waals surface area (Å²) >= 11 is 1.70. The Labute approximate surface area is 140 Å². The van der Waals surface area contributed by atoms with E-state index in [1.165, 1.54) is 4.88 Å². The number of amides is 1. The Morgan fingerprint density at radius 1 is 1.35 bits per heavy atom. The van der Waals surface area contributed by atoms with Gasteiger partial charge < -0.3 is 9.64 Å². The molecule has 23 heavy (non-hydrogen) atoms. The maximum absolute atomic E-state index is 12.9. The number of carbonyl (C=O) groups excluding carboxylic acids is 1. The van der Waals surface area contributed by atoms with Crippen molar-refractivity contribution in [1.29, 1.82) is 0 Å². The molecule has 6 heteroatoms. The van der Waals surface area contributed by atoms with Crippen molar-refractivity contribution in [2.24, 2.45) is 0 Å². The number of thiazole rings is 1. The summed E-state index contributed by atoms with van der Waals surface area (Å²) < 4.78 is 5.29. The fraction of sp³-hybridized carbons (Fsp3) is 0.471. The van der Waals surface area contributed by atoms with Crippen LogP contribution in [0.1, 0.15) is 50.5 Å². The summed E-state index contributed by atoms with van der Waals surface area (Å²) in [6.07, 6.45) is 3.04. The van der Waals surface area contributed by atoms with Crippen LogP contribution in [0.5, 0.6) is 5.88 Å². The van der Waals surface area contributed by atoms with E-state index in [1.807, 2.05) is 31.9 Å². The van der Waals surface area contributed by atoms with Crippen molar-refractivity contribution < 1.29 is 9.53 Å². The second-order valence-corrected chi connectivity index (χ2v) is 7.11. The van der Waals surface area contributed by atoms with E-state index in [4.69, 9.17) is 4.74 Å². The molecule has 2 aromatic heterocycles. The molecule has 1 amide bonds. The SMILES string of the molecule is COc1nc(C)ccc1C(=O)N(C)C1CCCc2nc(C)sc21. The van der Waals surface area contributed by atoms with E-state index in [0.717, 1.165) is 35.7 Å². The van der Waals surface area contributed by atoms with Crippen LogP contribution in [0.25, 0.3) is 0 Å². The number of fused-ring (bicyclic) bond motifs is 1. The molecule has 1 atom stereocenters. The molecule has 122 valence electrons.